The Balaban J connectivity index is 2.36. The van der Waals surface area contributed by atoms with Crippen LogP contribution in [0.3, 0.4) is 0 Å². The van der Waals surface area contributed by atoms with Crippen molar-refractivity contribution in [3.63, 3.8) is 0 Å². The van der Waals surface area contributed by atoms with Crippen LogP contribution in [0.5, 0.6) is 5.75 Å². The third-order valence-corrected chi connectivity index (χ3v) is 5.49. The largest absolute Gasteiger partial charge is 0.494 e. The Morgan fingerprint density at radius 1 is 1.29 bits per heavy atom. The van der Waals surface area contributed by atoms with Crippen LogP contribution in [0.1, 0.15) is 32.5 Å². The summed E-state index contributed by atoms with van der Waals surface area (Å²) in [6, 6.07) is 4.33. The van der Waals surface area contributed by atoms with Crippen molar-refractivity contribution in [1.82, 2.24) is 4.90 Å². The molecule has 0 aliphatic rings. The van der Waals surface area contributed by atoms with Crippen LogP contribution in [-0.2, 0) is 4.74 Å². The van der Waals surface area contributed by atoms with Crippen molar-refractivity contribution in [1.29, 1.82) is 0 Å². The second kappa shape index (κ2) is 10.2. The molecule has 0 spiro atoms. The molecule has 0 unspecified atom stereocenters. The number of nitro groups is 1. The number of thiocarbonyl (C=S) groups is 1. The molecule has 12 heteroatoms. The number of carbonyl (C=O) groups is 2. The molecule has 0 saturated carbocycles. The quantitative estimate of drug-likeness (QED) is 0.272. The average Bonchev–Trinajstić information content (AvgIpc) is 3.03. The molecule has 0 aliphatic heterocycles. The van der Waals surface area contributed by atoms with Gasteiger partial charge < -0.3 is 25.0 Å². The second-order valence-corrected chi connectivity index (χ2v) is 7.83. The second-order valence-electron chi connectivity index (χ2n) is 6.40. The number of esters is 1. The van der Waals surface area contributed by atoms with Crippen molar-refractivity contribution in [2.75, 3.05) is 38.4 Å². The standard InChI is InChI=1S/C19H22N4O6S2/c1-6-29-11-7-8-12(13(9-11)23(26)27)20-19(30)21-16-14(18(25)28-5)10(2)15(31-16)17(24)22(3)4/h7-9H,6H2,1-5H3,(H2,20,21,30). The monoisotopic (exact) mass is 466 g/mol. The summed E-state index contributed by atoms with van der Waals surface area (Å²) in [6.07, 6.45) is 0. The van der Waals surface area contributed by atoms with E-state index in [1.807, 2.05) is 0 Å². The summed E-state index contributed by atoms with van der Waals surface area (Å²) in [4.78, 5) is 37.4. The average molecular weight is 467 g/mol. The molecule has 1 heterocycles. The van der Waals surface area contributed by atoms with Crippen LogP contribution in [0.15, 0.2) is 18.2 Å². The molecule has 1 amide bonds. The van der Waals surface area contributed by atoms with E-state index in [-0.39, 0.29) is 28.0 Å². The Hall–Kier alpha value is -3.25. The number of hydrogen-bond acceptors (Lipinski definition) is 8. The van der Waals surface area contributed by atoms with E-state index < -0.39 is 10.9 Å². The first-order valence-corrected chi connectivity index (χ1v) is 10.3. The first-order chi connectivity index (χ1) is 14.6. The molecule has 31 heavy (non-hydrogen) atoms. The summed E-state index contributed by atoms with van der Waals surface area (Å²) in [6.45, 7) is 3.78. The lowest BCUT2D eigenvalue weighted by Crippen LogP contribution is -2.21. The van der Waals surface area contributed by atoms with Crippen molar-refractivity contribution < 1.29 is 24.0 Å². The molecule has 2 N–H and O–H groups in total. The van der Waals surface area contributed by atoms with E-state index in [2.05, 4.69) is 10.6 Å². The number of benzene rings is 1. The van der Waals surface area contributed by atoms with Gasteiger partial charge in [0, 0.05) is 14.1 Å². The first kappa shape index (κ1) is 24.0. The number of methoxy groups -OCH3 is 1. The smallest absolute Gasteiger partial charge is 0.341 e. The minimum atomic E-state index is -0.635. The molecule has 0 bridgehead atoms. The summed E-state index contributed by atoms with van der Waals surface area (Å²) in [5, 5.41) is 17.3. The fourth-order valence-corrected chi connectivity index (χ4v) is 4.14. The molecular weight excluding hydrogens is 444 g/mol. The van der Waals surface area contributed by atoms with Crippen molar-refractivity contribution in [2.24, 2.45) is 0 Å². The minimum Gasteiger partial charge on any atom is -0.494 e. The van der Waals surface area contributed by atoms with Crippen LogP contribution < -0.4 is 15.4 Å². The topological polar surface area (TPSA) is 123 Å². The molecule has 2 aromatic rings. The highest BCUT2D eigenvalue weighted by Gasteiger charge is 2.27. The molecule has 0 saturated heterocycles. The van der Waals surface area contributed by atoms with Crippen molar-refractivity contribution in [3.8, 4) is 5.75 Å². The highest BCUT2D eigenvalue weighted by atomic mass is 32.1. The zero-order valence-electron chi connectivity index (χ0n) is 17.6. The lowest BCUT2D eigenvalue weighted by Gasteiger charge is -2.12. The minimum absolute atomic E-state index is 0.00233. The maximum absolute atomic E-state index is 12.4. The van der Waals surface area contributed by atoms with Gasteiger partial charge in [-0.15, -0.1) is 11.3 Å². The Bertz CT molecular complexity index is 1030. The lowest BCUT2D eigenvalue weighted by molar-refractivity contribution is -0.384. The van der Waals surface area contributed by atoms with Gasteiger partial charge in [0.05, 0.1) is 35.1 Å². The summed E-state index contributed by atoms with van der Waals surface area (Å²) in [5.41, 5.74) is 0.536. The zero-order chi connectivity index (χ0) is 23.3. The fourth-order valence-electron chi connectivity index (χ4n) is 2.64. The number of anilines is 2. The van der Waals surface area contributed by atoms with E-state index in [4.69, 9.17) is 21.7 Å². The SMILES string of the molecule is CCOc1ccc(NC(=S)Nc2sc(C(=O)N(C)C)c(C)c2C(=O)OC)c([N+](=O)[O-])c1. The van der Waals surface area contributed by atoms with Crippen LogP contribution in [-0.4, -0.2) is 54.6 Å². The van der Waals surface area contributed by atoms with Crippen molar-refractivity contribution >= 4 is 56.9 Å². The van der Waals surface area contributed by atoms with E-state index in [0.29, 0.717) is 27.8 Å². The fraction of sp³-hybridized carbons (Fsp3) is 0.316. The molecule has 1 aromatic heterocycles. The summed E-state index contributed by atoms with van der Waals surface area (Å²) in [7, 11) is 4.43. The summed E-state index contributed by atoms with van der Waals surface area (Å²) in [5.74, 6) is -0.557. The maximum atomic E-state index is 12.4. The van der Waals surface area contributed by atoms with E-state index in [1.54, 1.807) is 34.0 Å². The van der Waals surface area contributed by atoms with Gasteiger partial charge in [-0.05, 0) is 43.8 Å². The number of ether oxygens (including phenoxy) is 2. The number of hydrogen-bond donors (Lipinski definition) is 2. The third kappa shape index (κ3) is 5.47. The van der Waals surface area contributed by atoms with Gasteiger partial charge in [-0.3, -0.25) is 14.9 Å². The van der Waals surface area contributed by atoms with Gasteiger partial charge in [0.1, 0.15) is 16.4 Å². The van der Waals surface area contributed by atoms with Crippen LogP contribution in [0.4, 0.5) is 16.4 Å². The van der Waals surface area contributed by atoms with Crippen LogP contribution in [0.2, 0.25) is 0 Å². The van der Waals surface area contributed by atoms with Crippen LogP contribution in [0.25, 0.3) is 0 Å². The molecular formula is C19H22N4O6S2. The van der Waals surface area contributed by atoms with Gasteiger partial charge in [-0.2, -0.15) is 0 Å². The van der Waals surface area contributed by atoms with Gasteiger partial charge in [0.15, 0.2) is 5.11 Å². The molecule has 0 aliphatic carbocycles. The number of amides is 1. The summed E-state index contributed by atoms with van der Waals surface area (Å²) >= 11 is 6.32. The van der Waals surface area contributed by atoms with Gasteiger partial charge >= 0.3 is 5.97 Å². The lowest BCUT2D eigenvalue weighted by atomic mass is 10.1. The molecule has 166 valence electrons. The zero-order valence-corrected chi connectivity index (χ0v) is 19.2. The number of carbonyl (C=O) groups excluding carboxylic acids is 2. The molecule has 0 atom stereocenters. The molecule has 10 nitrogen and oxygen atoms in total. The predicted octanol–water partition coefficient (Wildman–Crippen LogP) is 3.66. The van der Waals surface area contributed by atoms with Crippen molar-refractivity contribution in [2.45, 2.75) is 13.8 Å². The van der Waals surface area contributed by atoms with Crippen LogP contribution in [0, 0.1) is 17.0 Å². The van der Waals surface area contributed by atoms with Crippen molar-refractivity contribution in [3.05, 3.63) is 44.3 Å². The van der Waals surface area contributed by atoms with E-state index in [9.17, 15) is 19.7 Å². The number of rotatable bonds is 7. The highest BCUT2D eigenvalue weighted by molar-refractivity contribution is 7.80. The molecule has 2 rings (SSSR count). The van der Waals surface area contributed by atoms with Gasteiger partial charge in [-0.1, -0.05) is 0 Å². The van der Waals surface area contributed by atoms with Crippen LogP contribution >= 0.6 is 23.6 Å². The Morgan fingerprint density at radius 3 is 2.52 bits per heavy atom. The molecule has 1 aromatic carbocycles. The normalized spacial score (nSPS) is 10.2. The van der Waals surface area contributed by atoms with E-state index in [0.717, 1.165) is 11.3 Å². The highest BCUT2D eigenvalue weighted by Crippen LogP contribution is 2.35. The van der Waals surface area contributed by atoms with Gasteiger partial charge in [0.25, 0.3) is 11.6 Å². The first-order valence-electron chi connectivity index (χ1n) is 9.03. The molecule has 0 radical (unpaired) electrons. The molecule has 0 fully saturated rings. The predicted molar refractivity (Wildman–Crippen MR) is 123 cm³/mol. The Kier molecular flexibility index (Phi) is 7.89. The van der Waals surface area contributed by atoms with E-state index >= 15 is 0 Å². The number of nitro benzene ring substituents is 1. The third-order valence-electron chi connectivity index (χ3n) is 4.09. The Labute approximate surface area is 188 Å². The van der Waals surface area contributed by atoms with Gasteiger partial charge in [0.2, 0.25) is 0 Å². The van der Waals surface area contributed by atoms with Gasteiger partial charge in [-0.25, -0.2) is 4.79 Å². The summed E-state index contributed by atoms with van der Waals surface area (Å²) < 4.78 is 10.1. The van der Waals surface area contributed by atoms with E-state index in [1.165, 1.54) is 24.1 Å². The number of thiophene rings is 1. The maximum Gasteiger partial charge on any atom is 0.341 e. The number of nitrogens with one attached hydrogen (secondary N) is 2. The Morgan fingerprint density at radius 2 is 1.97 bits per heavy atom. The number of nitrogens with zero attached hydrogens (tertiary/aromatic N) is 2.